The van der Waals surface area contributed by atoms with Crippen molar-refractivity contribution in [3.05, 3.63) is 65.5 Å². The van der Waals surface area contributed by atoms with E-state index in [1.807, 2.05) is 36.4 Å². The number of H-pyrrole nitrogens is 1. The number of rotatable bonds is 3. The van der Waals surface area contributed by atoms with E-state index in [0.717, 1.165) is 16.6 Å². The number of hydrogen-bond donors (Lipinski definition) is 4. The van der Waals surface area contributed by atoms with Gasteiger partial charge in [0, 0.05) is 13.1 Å². The molecule has 1 aromatic heterocycles. The van der Waals surface area contributed by atoms with Crippen LogP contribution in [0.5, 0.6) is 0 Å². The number of hydrogen-bond acceptors (Lipinski definition) is 5. The standard InChI is InChI=1S/C20H21N3O4/c24-16-9-10-23(11-12-5-1-2-6-13(12)16)20(27)18(26)17(25)19-21-14-7-3-4-8-15(14)22-19/h1-8,16-18,24-26H,9-11H2,(H,21,22). The van der Waals surface area contributed by atoms with Crippen LogP contribution in [-0.2, 0) is 11.3 Å². The summed E-state index contributed by atoms with van der Waals surface area (Å²) in [6.07, 6.45) is -3.39. The van der Waals surface area contributed by atoms with Crippen LogP contribution < -0.4 is 0 Å². The molecule has 7 nitrogen and oxygen atoms in total. The van der Waals surface area contributed by atoms with Crippen molar-refractivity contribution in [3.63, 3.8) is 0 Å². The fourth-order valence-electron chi connectivity index (χ4n) is 3.49. The lowest BCUT2D eigenvalue weighted by Gasteiger charge is -2.25. The maximum absolute atomic E-state index is 12.8. The predicted molar refractivity (Wildman–Crippen MR) is 98.5 cm³/mol. The van der Waals surface area contributed by atoms with Gasteiger partial charge in [-0.2, -0.15) is 0 Å². The van der Waals surface area contributed by atoms with Gasteiger partial charge in [-0.15, -0.1) is 0 Å². The fraction of sp³-hybridized carbons (Fsp3) is 0.300. The number of aliphatic hydroxyl groups excluding tert-OH is 3. The summed E-state index contributed by atoms with van der Waals surface area (Å²) in [6, 6.07) is 14.6. The second kappa shape index (κ2) is 7.11. The SMILES string of the molecule is O=C(C(O)C(O)c1nc2ccccc2[nH]1)N1CCC(O)c2ccccc2C1. The van der Waals surface area contributed by atoms with Crippen LogP contribution in [0.4, 0.5) is 0 Å². The van der Waals surface area contributed by atoms with E-state index in [-0.39, 0.29) is 12.4 Å². The van der Waals surface area contributed by atoms with Crippen molar-refractivity contribution in [2.45, 2.75) is 31.3 Å². The average Bonchev–Trinajstić information content (AvgIpc) is 3.06. The summed E-state index contributed by atoms with van der Waals surface area (Å²) in [4.78, 5) is 21.4. The van der Waals surface area contributed by atoms with E-state index in [0.29, 0.717) is 18.5 Å². The fourth-order valence-corrected chi connectivity index (χ4v) is 3.49. The maximum Gasteiger partial charge on any atom is 0.254 e. The Hall–Kier alpha value is -2.74. The molecule has 2 heterocycles. The molecule has 0 bridgehead atoms. The molecule has 0 spiro atoms. The summed E-state index contributed by atoms with van der Waals surface area (Å²) in [5.74, 6) is -0.445. The van der Waals surface area contributed by atoms with Crippen molar-refractivity contribution in [2.75, 3.05) is 6.54 Å². The number of amides is 1. The van der Waals surface area contributed by atoms with E-state index in [1.54, 1.807) is 12.1 Å². The Morgan fingerprint density at radius 2 is 1.89 bits per heavy atom. The molecule has 27 heavy (non-hydrogen) atoms. The summed E-state index contributed by atoms with van der Waals surface area (Å²) in [7, 11) is 0. The van der Waals surface area contributed by atoms with Gasteiger partial charge >= 0.3 is 0 Å². The first-order valence-electron chi connectivity index (χ1n) is 8.90. The number of nitrogens with zero attached hydrogens (tertiary/aromatic N) is 2. The third-order valence-electron chi connectivity index (χ3n) is 5.00. The lowest BCUT2D eigenvalue weighted by Crippen LogP contribution is -2.42. The minimum atomic E-state index is -1.65. The number of carbonyl (C=O) groups excluding carboxylic acids is 1. The third kappa shape index (κ3) is 3.32. The Labute approximate surface area is 155 Å². The van der Waals surface area contributed by atoms with Gasteiger partial charge < -0.3 is 25.2 Å². The van der Waals surface area contributed by atoms with Gasteiger partial charge in [-0.05, 0) is 29.7 Å². The molecule has 4 rings (SSSR count). The molecule has 7 heteroatoms. The van der Waals surface area contributed by atoms with Gasteiger partial charge in [0.15, 0.2) is 6.10 Å². The Morgan fingerprint density at radius 3 is 2.70 bits per heavy atom. The zero-order chi connectivity index (χ0) is 19.0. The van der Waals surface area contributed by atoms with Crippen LogP contribution >= 0.6 is 0 Å². The Balaban J connectivity index is 1.54. The molecule has 0 fully saturated rings. The first-order chi connectivity index (χ1) is 13.0. The second-order valence-corrected chi connectivity index (χ2v) is 6.79. The number of aromatic amines is 1. The maximum atomic E-state index is 12.8. The Morgan fingerprint density at radius 1 is 1.15 bits per heavy atom. The van der Waals surface area contributed by atoms with Crippen LogP contribution in [-0.4, -0.2) is 48.7 Å². The normalized spacial score (nSPS) is 19.4. The highest BCUT2D eigenvalue weighted by atomic mass is 16.3. The molecule has 0 saturated carbocycles. The molecule has 3 aromatic rings. The number of imidazole rings is 1. The van der Waals surface area contributed by atoms with E-state index >= 15 is 0 Å². The zero-order valence-electron chi connectivity index (χ0n) is 14.6. The van der Waals surface area contributed by atoms with E-state index in [1.165, 1.54) is 4.90 Å². The molecule has 4 N–H and O–H groups in total. The highest BCUT2D eigenvalue weighted by Crippen LogP contribution is 2.28. The monoisotopic (exact) mass is 367 g/mol. The molecule has 0 radical (unpaired) electrons. The van der Waals surface area contributed by atoms with E-state index < -0.39 is 24.2 Å². The zero-order valence-corrected chi connectivity index (χ0v) is 14.6. The highest BCUT2D eigenvalue weighted by Gasteiger charge is 2.33. The van der Waals surface area contributed by atoms with Crippen molar-refractivity contribution in [1.82, 2.24) is 14.9 Å². The quantitative estimate of drug-likeness (QED) is 0.560. The molecule has 3 atom stereocenters. The van der Waals surface area contributed by atoms with Gasteiger partial charge in [-0.25, -0.2) is 4.98 Å². The van der Waals surface area contributed by atoms with E-state index in [9.17, 15) is 20.1 Å². The number of nitrogens with one attached hydrogen (secondary N) is 1. The number of aromatic nitrogens is 2. The number of carbonyl (C=O) groups is 1. The largest absolute Gasteiger partial charge is 0.388 e. The van der Waals surface area contributed by atoms with Gasteiger partial charge in [-0.3, -0.25) is 4.79 Å². The van der Waals surface area contributed by atoms with Crippen LogP contribution in [0.25, 0.3) is 11.0 Å². The smallest absolute Gasteiger partial charge is 0.254 e. The van der Waals surface area contributed by atoms with Gasteiger partial charge in [0.2, 0.25) is 0 Å². The molecular weight excluding hydrogens is 346 g/mol. The third-order valence-corrected chi connectivity index (χ3v) is 5.00. The number of aliphatic hydroxyl groups is 3. The minimum Gasteiger partial charge on any atom is -0.388 e. The van der Waals surface area contributed by atoms with Gasteiger partial charge in [0.1, 0.15) is 11.9 Å². The molecule has 3 unspecified atom stereocenters. The first kappa shape index (κ1) is 17.7. The molecule has 0 saturated heterocycles. The van der Waals surface area contributed by atoms with E-state index in [2.05, 4.69) is 9.97 Å². The van der Waals surface area contributed by atoms with Crippen molar-refractivity contribution < 1.29 is 20.1 Å². The van der Waals surface area contributed by atoms with Crippen LogP contribution in [0.15, 0.2) is 48.5 Å². The van der Waals surface area contributed by atoms with Crippen LogP contribution in [0, 0.1) is 0 Å². The summed E-state index contributed by atoms with van der Waals surface area (Å²) in [5, 5.41) is 31.2. The van der Waals surface area contributed by atoms with Crippen molar-refractivity contribution in [2.24, 2.45) is 0 Å². The van der Waals surface area contributed by atoms with E-state index in [4.69, 9.17) is 0 Å². The Bertz CT molecular complexity index is 938. The lowest BCUT2D eigenvalue weighted by molar-refractivity contribution is -0.147. The first-order valence-corrected chi connectivity index (χ1v) is 8.90. The summed E-state index contributed by atoms with van der Waals surface area (Å²) in [5.41, 5.74) is 3.00. The van der Waals surface area contributed by atoms with Crippen LogP contribution in [0.1, 0.15) is 35.6 Å². The van der Waals surface area contributed by atoms with Crippen LogP contribution in [0.2, 0.25) is 0 Å². The van der Waals surface area contributed by atoms with Crippen molar-refractivity contribution in [3.8, 4) is 0 Å². The summed E-state index contributed by atoms with van der Waals surface area (Å²) in [6.45, 7) is 0.564. The topological polar surface area (TPSA) is 110 Å². The molecule has 1 aliphatic heterocycles. The Kier molecular flexibility index (Phi) is 4.65. The minimum absolute atomic E-state index is 0.146. The van der Waals surface area contributed by atoms with Crippen LogP contribution in [0.3, 0.4) is 0 Å². The summed E-state index contributed by atoms with van der Waals surface area (Å²) >= 11 is 0. The molecule has 1 amide bonds. The molecule has 1 aliphatic rings. The lowest BCUT2D eigenvalue weighted by atomic mass is 10.0. The molecule has 2 aromatic carbocycles. The number of benzene rings is 2. The number of para-hydroxylation sites is 2. The summed E-state index contributed by atoms with van der Waals surface area (Å²) < 4.78 is 0. The van der Waals surface area contributed by atoms with Gasteiger partial charge in [0.25, 0.3) is 5.91 Å². The van der Waals surface area contributed by atoms with Gasteiger partial charge in [-0.1, -0.05) is 36.4 Å². The second-order valence-electron chi connectivity index (χ2n) is 6.79. The predicted octanol–water partition coefficient (Wildman–Crippen LogP) is 1.42. The molecule has 0 aliphatic carbocycles. The van der Waals surface area contributed by atoms with Crippen molar-refractivity contribution in [1.29, 1.82) is 0 Å². The highest BCUT2D eigenvalue weighted by molar-refractivity contribution is 5.82. The number of fused-ring (bicyclic) bond motifs is 2. The van der Waals surface area contributed by atoms with Crippen molar-refractivity contribution >= 4 is 16.9 Å². The van der Waals surface area contributed by atoms with Gasteiger partial charge in [0.05, 0.1) is 17.1 Å². The average molecular weight is 367 g/mol. The molecular formula is C20H21N3O4. The molecule has 140 valence electrons.